The first-order valence-electron chi connectivity index (χ1n) is 5.58. The van der Waals surface area contributed by atoms with E-state index in [0.29, 0.717) is 22.8 Å². The molecule has 0 radical (unpaired) electrons. The molecule has 1 aromatic rings. The standard InChI is InChI=1S/C13H17ClO3/c1-4-9-7-10(17-3)13(16)11(12(9)14)8(2)5-6-15/h6-8,16H,4-5H2,1-3H3. The molecule has 1 rings (SSSR count). The van der Waals surface area contributed by atoms with E-state index < -0.39 is 0 Å². The number of benzene rings is 1. The summed E-state index contributed by atoms with van der Waals surface area (Å²) in [4.78, 5) is 10.6. The first-order valence-corrected chi connectivity index (χ1v) is 5.96. The lowest BCUT2D eigenvalue weighted by Crippen LogP contribution is -2.01. The number of hydrogen-bond donors (Lipinski definition) is 1. The molecular formula is C13H17ClO3. The van der Waals surface area contributed by atoms with Crippen molar-refractivity contribution in [3.63, 3.8) is 0 Å². The number of aryl methyl sites for hydroxylation is 1. The topological polar surface area (TPSA) is 46.5 Å². The molecule has 0 aromatic heterocycles. The van der Waals surface area contributed by atoms with Gasteiger partial charge in [0.25, 0.3) is 0 Å². The molecule has 1 N–H and O–H groups in total. The van der Waals surface area contributed by atoms with Gasteiger partial charge < -0.3 is 14.6 Å². The molecule has 0 saturated heterocycles. The molecule has 0 aliphatic carbocycles. The molecule has 0 aliphatic heterocycles. The summed E-state index contributed by atoms with van der Waals surface area (Å²) in [5.41, 5.74) is 1.50. The molecule has 1 unspecified atom stereocenters. The monoisotopic (exact) mass is 256 g/mol. The third-order valence-corrected chi connectivity index (χ3v) is 3.30. The number of rotatable bonds is 5. The van der Waals surface area contributed by atoms with Crippen LogP contribution in [0.15, 0.2) is 6.07 Å². The van der Waals surface area contributed by atoms with Gasteiger partial charge in [0.2, 0.25) is 0 Å². The number of ether oxygens (including phenoxy) is 1. The Morgan fingerprint density at radius 3 is 2.71 bits per heavy atom. The summed E-state index contributed by atoms with van der Waals surface area (Å²) < 4.78 is 5.11. The van der Waals surface area contributed by atoms with Crippen LogP contribution >= 0.6 is 11.6 Å². The number of phenolic OH excluding ortho intramolecular Hbond substituents is 1. The number of aldehydes is 1. The second-order valence-corrected chi connectivity index (χ2v) is 4.35. The first-order chi connectivity index (χ1) is 8.06. The summed E-state index contributed by atoms with van der Waals surface area (Å²) >= 11 is 6.24. The van der Waals surface area contributed by atoms with E-state index in [-0.39, 0.29) is 11.7 Å². The van der Waals surface area contributed by atoms with E-state index in [1.54, 1.807) is 6.07 Å². The van der Waals surface area contributed by atoms with Crippen LogP contribution in [0, 0.1) is 0 Å². The van der Waals surface area contributed by atoms with Gasteiger partial charge in [-0.1, -0.05) is 25.4 Å². The molecule has 1 atom stereocenters. The average Bonchev–Trinajstić information content (AvgIpc) is 2.30. The van der Waals surface area contributed by atoms with Gasteiger partial charge in [0.05, 0.1) is 12.1 Å². The average molecular weight is 257 g/mol. The molecule has 0 saturated carbocycles. The van der Waals surface area contributed by atoms with Crippen molar-refractivity contribution in [2.45, 2.75) is 32.6 Å². The van der Waals surface area contributed by atoms with Crippen molar-refractivity contribution in [1.82, 2.24) is 0 Å². The van der Waals surface area contributed by atoms with Crippen LogP contribution in [0.4, 0.5) is 0 Å². The van der Waals surface area contributed by atoms with E-state index >= 15 is 0 Å². The van der Waals surface area contributed by atoms with Crippen LogP contribution in [0.25, 0.3) is 0 Å². The number of methoxy groups -OCH3 is 1. The molecule has 17 heavy (non-hydrogen) atoms. The quantitative estimate of drug-likeness (QED) is 0.822. The molecule has 4 heteroatoms. The fraction of sp³-hybridized carbons (Fsp3) is 0.462. The van der Waals surface area contributed by atoms with Crippen molar-refractivity contribution < 1.29 is 14.6 Å². The van der Waals surface area contributed by atoms with E-state index in [2.05, 4.69) is 0 Å². The van der Waals surface area contributed by atoms with Crippen LogP contribution in [0.3, 0.4) is 0 Å². The Bertz CT molecular complexity index is 387. The van der Waals surface area contributed by atoms with Gasteiger partial charge in [0.15, 0.2) is 11.5 Å². The lowest BCUT2D eigenvalue weighted by atomic mass is 9.94. The fourth-order valence-electron chi connectivity index (χ4n) is 1.82. The number of hydrogen-bond acceptors (Lipinski definition) is 3. The summed E-state index contributed by atoms with van der Waals surface area (Å²) in [5, 5.41) is 10.6. The Morgan fingerprint density at radius 2 is 2.24 bits per heavy atom. The minimum Gasteiger partial charge on any atom is -0.504 e. The van der Waals surface area contributed by atoms with Crippen LogP contribution in [-0.4, -0.2) is 18.5 Å². The molecule has 3 nitrogen and oxygen atoms in total. The first kappa shape index (κ1) is 13.8. The minimum absolute atomic E-state index is 0.0315. The Hall–Kier alpha value is -1.22. The summed E-state index contributed by atoms with van der Waals surface area (Å²) in [6, 6.07) is 1.73. The van der Waals surface area contributed by atoms with Crippen molar-refractivity contribution >= 4 is 17.9 Å². The highest BCUT2D eigenvalue weighted by atomic mass is 35.5. The summed E-state index contributed by atoms with van der Waals surface area (Å²) in [6.07, 6.45) is 1.89. The smallest absolute Gasteiger partial charge is 0.162 e. The zero-order valence-corrected chi connectivity index (χ0v) is 11.0. The number of carbonyl (C=O) groups is 1. The van der Waals surface area contributed by atoms with Crippen LogP contribution in [0.1, 0.15) is 37.3 Å². The molecule has 0 fully saturated rings. The second-order valence-electron chi connectivity index (χ2n) is 3.97. The molecule has 0 aliphatic rings. The number of carbonyl (C=O) groups excluding carboxylic acids is 1. The van der Waals surface area contributed by atoms with E-state index in [1.165, 1.54) is 7.11 Å². The molecule has 94 valence electrons. The van der Waals surface area contributed by atoms with Gasteiger partial charge in [-0.05, 0) is 24.0 Å². The molecule has 0 spiro atoms. The molecule has 0 bridgehead atoms. The van der Waals surface area contributed by atoms with Crippen molar-refractivity contribution in [2.75, 3.05) is 7.11 Å². The number of halogens is 1. The second kappa shape index (κ2) is 5.92. The Kier molecular flexibility index (Phi) is 4.82. The number of aromatic hydroxyl groups is 1. The maximum absolute atomic E-state index is 10.6. The van der Waals surface area contributed by atoms with Crippen molar-refractivity contribution in [2.24, 2.45) is 0 Å². The highest BCUT2D eigenvalue weighted by molar-refractivity contribution is 6.32. The van der Waals surface area contributed by atoms with Gasteiger partial charge in [-0.15, -0.1) is 0 Å². The Balaban J connectivity index is 3.39. The third-order valence-electron chi connectivity index (χ3n) is 2.86. The Labute approximate surface area is 106 Å². The van der Waals surface area contributed by atoms with Gasteiger partial charge in [-0.3, -0.25) is 0 Å². The van der Waals surface area contributed by atoms with Crippen LogP contribution in [-0.2, 0) is 11.2 Å². The maximum atomic E-state index is 10.6. The zero-order valence-electron chi connectivity index (χ0n) is 10.3. The predicted octanol–water partition coefficient (Wildman–Crippen LogP) is 3.31. The normalized spacial score (nSPS) is 12.2. The molecular weight excluding hydrogens is 240 g/mol. The van der Waals surface area contributed by atoms with E-state index in [1.807, 2.05) is 13.8 Å². The van der Waals surface area contributed by atoms with E-state index in [4.69, 9.17) is 16.3 Å². The van der Waals surface area contributed by atoms with Gasteiger partial charge in [0.1, 0.15) is 6.29 Å². The number of phenols is 1. The SMILES string of the molecule is CCc1cc(OC)c(O)c(C(C)CC=O)c1Cl. The fourth-order valence-corrected chi connectivity index (χ4v) is 2.29. The van der Waals surface area contributed by atoms with Crippen LogP contribution < -0.4 is 4.74 Å². The highest BCUT2D eigenvalue weighted by Gasteiger charge is 2.20. The predicted molar refractivity (Wildman–Crippen MR) is 68.1 cm³/mol. The summed E-state index contributed by atoms with van der Waals surface area (Å²) in [5.74, 6) is 0.309. The van der Waals surface area contributed by atoms with Crippen LogP contribution in [0.5, 0.6) is 11.5 Å². The van der Waals surface area contributed by atoms with Crippen molar-refractivity contribution in [3.05, 3.63) is 22.2 Å². The lowest BCUT2D eigenvalue weighted by molar-refractivity contribution is -0.108. The molecule has 0 amide bonds. The van der Waals surface area contributed by atoms with Gasteiger partial charge in [-0.2, -0.15) is 0 Å². The summed E-state index contributed by atoms with van der Waals surface area (Å²) in [7, 11) is 1.50. The highest BCUT2D eigenvalue weighted by Crippen LogP contribution is 2.42. The van der Waals surface area contributed by atoms with Gasteiger partial charge in [-0.25, -0.2) is 0 Å². The van der Waals surface area contributed by atoms with E-state index in [9.17, 15) is 9.90 Å². The summed E-state index contributed by atoms with van der Waals surface area (Å²) in [6.45, 7) is 3.83. The molecule has 0 heterocycles. The third kappa shape index (κ3) is 2.72. The molecule has 1 aromatic carbocycles. The van der Waals surface area contributed by atoms with Crippen molar-refractivity contribution in [3.8, 4) is 11.5 Å². The van der Waals surface area contributed by atoms with Crippen molar-refractivity contribution in [1.29, 1.82) is 0 Å². The van der Waals surface area contributed by atoms with Gasteiger partial charge >= 0.3 is 0 Å². The largest absolute Gasteiger partial charge is 0.504 e. The minimum atomic E-state index is -0.125. The van der Waals surface area contributed by atoms with Crippen LogP contribution in [0.2, 0.25) is 5.02 Å². The zero-order chi connectivity index (χ0) is 13.0. The van der Waals surface area contributed by atoms with Gasteiger partial charge in [0, 0.05) is 12.0 Å². The Morgan fingerprint density at radius 1 is 1.59 bits per heavy atom. The maximum Gasteiger partial charge on any atom is 0.162 e. The lowest BCUT2D eigenvalue weighted by Gasteiger charge is -2.18. The van der Waals surface area contributed by atoms with E-state index in [0.717, 1.165) is 18.3 Å².